The number of hydrogen-bond acceptors (Lipinski definition) is 3. The molecule has 0 bridgehead atoms. The van der Waals surface area contributed by atoms with Gasteiger partial charge in [-0.25, -0.2) is 4.79 Å². The molecule has 3 N–H and O–H groups in total. The van der Waals surface area contributed by atoms with Gasteiger partial charge in [-0.2, -0.15) is 0 Å². The van der Waals surface area contributed by atoms with Crippen LogP contribution in [0.5, 0.6) is 0 Å². The molecule has 1 aliphatic carbocycles. The topological polar surface area (TPSA) is 64.3 Å². The van der Waals surface area contributed by atoms with E-state index < -0.39 is 5.60 Å². The van der Waals surface area contributed by atoms with E-state index in [-0.39, 0.29) is 17.6 Å². The number of alkyl carbamates (subject to hydrolysis) is 1. The lowest BCUT2D eigenvalue weighted by atomic mass is 9.90. The average molecular weight is 276 g/mol. The van der Waals surface area contributed by atoms with Gasteiger partial charge in [0.25, 0.3) is 0 Å². The SMILES string of the molecule is CC(C)(C)OC(=O)NCC(c1ccccc1)C1(N)CC1. The highest BCUT2D eigenvalue weighted by Crippen LogP contribution is 2.44. The van der Waals surface area contributed by atoms with E-state index in [4.69, 9.17) is 10.5 Å². The van der Waals surface area contributed by atoms with E-state index in [2.05, 4.69) is 17.4 Å². The molecule has 0 spiro atoms. The van der Waals surface area contributed by atoms with Crippen LogP contribution < -0.4 is 11.1 Å². The molecule has 0 aliphatic heterocycles. The van der Waals surface area contributed by atoms with Gasteiger partial charge in [0.05, 0.1) is 0 Å². The third-order valence-electron chi connectivity index (χ3n) is 3.57. The normalized spacial score (nSPS) is 18.2. The van der Waals surface area contributed by atoms with Crippen LogP contribution in [-0.2, 0) is 4.74 Å². The Kier molecular flexibility index (Phi) is 4.04. The number of hydrogen-bond donors (Lipinski definition) is 2. The Morgan fingerprint density at radius 3 is 2.45 bits per heavy atom. The van der Waals surface area contributed by atoms with Crippen molar-refractivity contribution in [3.8, 4) is 0 Å². The van der Waals surface area contributed by atoms with Gasteiger partial charge in [0.1, 0.15) is 5.60 Å². The maximum Gasteiger partial charge on any atom is 0.407 e. The van der Waals surface area contributed by atoms with Crippen LogP contribution >= 0.6 is 0 Å². The Hall–Kier alpha value is -1.55. The van der Waals surface area contributed by atoms with E-state index in [9.17, 15) is 4.79 Å². The van der Waals surface area contributed by atoms with Gasteiger partial charge < -0.3 is 15.8 Å². The minimum absolute atomic E-state index is 0.135. The second-order valence-electron chi connectivity index (χ2n) is 6.58. The molecule has 0 heterocycles. The smallest absolute Gasteiger partial charge is 0.407 e. The summed E-state index contributed by atoms with van der Waals surface area (Å²) in [7, 11) is 0. The summed E-state index contributed by atoms with van der Waals surface area (Å²) in [4.78, 5) is 11.8. The van der Waals surface area contributed by atoms with Crippen molar-refractivity contribution in [3.05, 3.63) is 35.9 Å². The van der Waals surface area contributed by atoms with Crippen LogP contribution in [0.1, 0.15) is 45.1 Å². The van der Waals surface area contributed by atoms with Gasteiger partial charge in [-0.1, -0.05) is 30.3 Å². The fourth-order valence-corrected chi connectivity index (χ4v) is 2.33. The van der Waals surface area contributed by atoms with Crippen molar-refractivity contribution in [1.29, 1.82) is 0 Å². The van der Waals surface area contributed by atoms with Crippen LogP contribution in [0.15, 0.2) is 30.3 Å². The third kappa shape index (κ3) is 3.97. The molecule has 1 fully saturated rings. The van der Waals surface area contributed by atoms with Crippen molar-refractivity contribution in [2.75, 3.05) is 6.54 Å². The summed E-state index contributed by atoms with van der Waals surface area (Å²) in [5, 5.41) is 2.84. The van der Waals surface area contributed by atoms with Crippen molar-refractivity contribution in [3.63, 3.8) is 0 Å². The van der Waals surface area contributed by atoms with Crippen LogP contribution in [0.4, 0.5) is 4.79 Å². The first kappa shape index (κ1) is 14.9. The molecule has 1 aliphatic rings. The van der Waals surface area contributed by atoms with Crippen molar-refractivity contribution in [2.45, 2.75) is 50.7 Å². The molecule has 0 saturated heterocycles. The van der Waals surface area contributed by atoms with E-state index >= 15 is 0 Å². The fraction of sp³-hybridized carbons (Fsp3) is 0.562. The molecule has 2 rings (SSSR count). The van der Waals surface area contributed by atoms with Crippen molar-refractivity contribution < 1.29 is 9.53 Å². The Morgan fingerprint density at radius 1 is 1.35 bits per heavy atom. The summed E-state index contributed by atoms with van der Waals surface area (Å²) >= 11 is 0. The monoisotopic (exact) mass is 276 g/mol. The molecule has 0 aromatic heterocycles. The molecule has 1 unspecified atom stereocenters. The standard InChI is InChI=1S/C16H24N2O2/c1-15(2,3)20-14(19)18-11-13(16(17)9-10-16)12-7-5-4-6-8-12/h4-8,13H,9-11,17H2,1-3H3,(H,18,19). The lowest BCUT2D eigenvalue weighted by molar-refractivity contribution is 0.0522. The second kappa shape index (κ2) is 5.44. The molecule has 1 amide bonds. The number of benzene rings is 1. The number of carbonyl (C=O) groups excluding carboxylic acids is 1. The minimum atomic E-state index is -0.480. The highest BCUT2D eigenvalue weighted by Gasteiger charge is 2.46. The summed E-state index contributed by atoms with van der Waals surface area (Å²) in [5.74, 6) is 0.135. The molecular weight excluding hydrogens is 252 g/mol. The lowest BCUT2D eigenvalue weighted by Crippen LogP contribution is -2.41. The van der Waals surface area contributed by atoms with Gasteiger partial charge in [0.15, 0.2) is 0 Å². The van der Waals surface area contributed by atoms with Crippen LogP contribution in [0.25, 0.3) is 0 Å². The Balaban J connectivity index is 1.98. The average Bonchev–Trinajstić information content (AvgIpc) is 3.07. The van der Waals surface area contributed by atoms with E-state index in [0.717, 1.165) is 12.8 Å². The van der Waals surface area contributed by atoms with E-state index in [0.29, 0.717) is 6.54 Å². The van der Waals surface area contributed by atoms with Crippen LogP contribution in [-0.4, -0.2) is 23.8 Å². The molecule has 0 radical (unpaired) electrons. The number of ether oxygens (including phenoxy) is 1. The Bertz CT molecular complexity index is 461. The van der Waals surface area contributed by atoms with Gasteiger partial charge in [-0.3, -0.25) is 0 Å². The van der Waals surface area contributed by atoms with E-state index in [1.165, 1.54) is 5.56 Å². The molecule has 4 heteroatoms. The molecule has 110 valence electrons. The highest BCUT2D eigenvalue weighted by atomic mass is 16.6. The molecule has 1 atom stereocenters. The number of amides is 1. The Morgan fingerprint density at radius 2 is 1.95 bits per heavy atom. The van der Waals surface area contributed by atoms with Gasteiger partial charge in [0.2, 0.25) is 0 Å². The van der Waals surface area contributed by atoms with Crippen molar-refractivity contribution >= 4 is 6.09 Å². The Labute approximate surface area is 120 Å². The van der Waals surface area contributed by atoms with Gasteiger partial charge in [-0.15, -0.1) is 0 Å². The van der Waals surface area contributed by atoms with Crippen LogP contribution in [0, 0.1) is 0 Å². The number of rotatable bonds is 4. The number of carbonyl (C=O) groups is 1. The zero-order valence-corrected chi connectivity index (χ0v) is 12.5. The maximum absolute atomic E-state index is 11.8. The van der Waals surface area contributed by atoms with Crippen LogP contribution in [0.3, 0.4) is 0 Å². The third-order valence-corrected chi connectivity index (χ3v) is 3.57. The van der Waals surface area contributed by atoms with Crippen molar-refractivity contribution in [2.24, 2.45) is 5.73 Å². The summed E-state index contributed by atoms with van der Waals surface area (Å²) in [6.07, 6.45) is 1.62. The predicted octanol–water partition coefficient (Wildman–Crippen LogP) is 2.79. The largest absolute Gasteiger partial charge is 0.444 e. The van der Waals surface area contributed by atoms with Gasteiger partial charge in [0, 0.05) is 18.0 Å². The number of nitrogens with two attached hydrogens (primary N) is 1. The summed E-state index contributed by atoms with van der Waals surface area (Å²) in [6, 6.07) is 10.1. The first-order valence-electron chi connectivity index (χ1n) is 7.11. The van der Waals surface area contributed by atoms with E-state index in [1.807, 2.05) is 39.0 Å². The van der Waals surface area contributed by atoms with Gasteiger partial charge in [-0.05, 0) is 39.2 Å². The number of nitrogens with one attached hydrogen (secondary N) is 1. The zero-order valence-electron chi connectivity index (χ0n) is 12.5. The molecule has 1 aromatic rings. The fourth-order valence-electron chi connectivity index (χ4n) is 2.33. The summed E-state index contributed by atoms with van der Waals surface area (Å²) in [5.41, 5.74) is 6.85. The van der Waals surface area contributed by atoms with Crippen molar-refractivity contribution in [1.82, 2.24) is 5.32 Å². The molecular formula is C16H24N2O2. The summed E-state index contributed by atoms with van der Waals surface area (Å²) < 4.78 is 5.27. The van der Waals surface area contributed by atoms with Crippen LogP contribution in [0.2, 0.25) is 0 Å². The maximum atomic E-state index is 11.8. The molecule has 20 heavy (non-hydrogen) atoms. The summed E-state index contributed by atoms with van der Waals surface area (Å²) in [6.45, 7) is 6.07. The zero-order chi connectivity index (χ0) is 14.8. The first-order chi connectivity index (χ1) is 9.30. The lowest BCUT2D eigenvalue weighted by Gasteiger charge is -2.26. The molecule has 1 saturated carbocycles. The van der Waals surface area contributed by atoms with E-state index in [1.54, 1.807) is 0 Å². The minimum Gasteiger partial charge on any atom is -0.444 e. The molecule has 1 aromatic carbocycles. The second-order valence-corrected chi connectivity index (χ2v) is 6.58. The highest BCUT2D eigenvalue weighted by molar-refractivity contribution is 5.67. The first-order valence-corrected chi connectivity index (χ1v) is 7.11. The molecule has 4 nitrogen and oxygen atoms in total. The van der Waals surface area contributed by atoms with Gasteiger partial charge >= 0.3 is 6.09 Å². The predicted molar refractivity (Wildman–Crippen MR) is 79.6 cm³/mol. The quantitative estimate of drug-likeness (QED) is 0.888.